The van der Waals surface area contributed by atoms with Gasteiger partial charge in [-0.25, -0.2) is 9.97 Å². The fraction of sp³-hybridized carbons (Fsp3) is 0.364. The van der Waals surface area contributed by atoms with Gasteiger partial charge in [0.2, 0.25) is 0 Å². The fourth-order valence-electron chi connectivity index (χ4n) is 1.16. The number of rotatable bonds is 4. The van der Waals surface area contributed by atoms with Crippen molar-refractivity contribution < 1.29 is 0 Å². The highest BCUT2D eigenvalue weighted by molar-refractivity contribution is 7.98. The van der Waals surface area contributed by atoms with E-state index in [2.05, 4.69) is 16.9 Å². The van der Waals surface area contributed by atoms with Crippen LogP contribution >= 0.6 is 11.8 Å². The van der Waals surface area contributed by atoms with Crippen molar-refractivity contribution in [2.24, 2.45) is 0 Å². The summed E-state index contributed by atoms with van der Waals surface area (Å²) in [5.41, 5.74) is 0.865. The molecule has 0 N–H and O–H groups in total. The van der Waals surface area contributed by atoms with E-state index in [1.807, 2.05) is 24.3 Å². The molecule has 16 heavy (non-hydrogen) atoms. The fourth-order valence-corrected chi connectivity index (χ4v) is 1.50. The van der Waals surface area contributed by atoms with Gasteiger partial charge in [-0.15, -0.1) is 0 Å². The molecule has 0 spiro atoms. The number of allylic oxidation sites excluding steroid dienone is 1. The Labute approximate surface area is 100 Å². The molecule has 0 saturated carbocycles. The topological polar surface area (TPSA) is 52.8 Å². The molecule has 0 radical (unpaired) electrons. The Morgan fingerprint density at radius 3 is 2.94 bits per heavy atom. The molecule has 0 aliphatic heterocycles. The molecular weight excluding hydrogens is 220 g/mol. The number of aromatic nitrogens is 2. The maximum Gasteiger partial charge on any atom is 0.189 e. The molecule has 1 aromatic rings. The second kappa shape index (κ2) is 6.13. The minimum atomic E-state index is 0.740. The van der Waals surface area contributed by atoms with Gasteiger partial charge >= 0.3 is 0 Å². The van der Waals surface area contributed by atoms with Gasteiger partial charge in [0.05, 0.1) is 6.07 Å². The largest absolute Gasteiger partial charge is 0.359 e. The molecule has 0 atom stereocenters. The zero-order chi connectivity index (χ0) is 12.0. The van der Waals surface area contributed by atoms with Crippen molar-refractivity contribution in [2.45, 2.75) is 12.1 Å². The lowest BCUT2D eigenvalue weighted by Gasteiger charge is -2.18. The lowest BCUT2D eigenvalue weighted by Crippen LogP contribution is -2.19. The second-order valence-electron chi connectivity index (χ2n) is 3.11. The van der Waals surface area contributed by atoms with Crippen LogP contribution in [0.2, 0.25) is 0 Å². The average Bonchev–Trinajstić information content (AvgIpc) is 2.35. The summed E-state index contributed by atoms with van der Waals surface area (Å²) in [5, 5.41) is 9.26. The number of hydrogen-bond acceptors (Lipinski definition) is 5. The van der Waals surface area contributed by atoms with Crippen LogP contribution in [0.3, 0.4) is 0 Å². The quantitative estimate of drug-likeness (QED) is 0.454. The Morgan fingerprint density at radius 2 is 2.38 bits per heavy atom. The number of hydrogen-bond donors (Lipinski definition) is 0. The molecule has 0 aliphatic rings. The number of nitrogens with zero attached hydrogens (tertiary/aromatic N) is 4. The van der Waals surface area contributed by atoms with E-state index in [1.54, 1.807) is 12.3 Å². The van der Waals surface area contributed by atoms with Crippen molar-refractivity contribution in [1.82, 2.24) is 9.97 Å². The lowest BCUT2D eigenvalue weighted by molar-refractivity contribution is 0.878. The molecule has 0 aliphatic carbocycles. The summed E-state index contributed by atoms with van der Waals surface area (Å²) in [5.74, 6) is 0.855. The van der Waals surface area contributed by atoms with Gasteiger partial charge in [-0.1, -0.05) is 11.8 Å². The Balaban J connectivity index is 3.17. The SMILES string of the molecule is CCN(C)c1nc(SC)ncc1/C=C/C#N. The molecule has 5 heteroatoms. The number of nitriles is 1. The predicted octanol–water partition coefficient (Wildman–Crippen LogP) is 2.19. The van der Waals surface area contributed by atoms with Gasteiger partial charge in [-0.05, 0) is 19.3 Å². The first-order valence-corrected chi connectivity index (χ1v) is 6.13. The maximum absolute atomic E-state index is 8.52. The molecule has 1 aromatic heterocycles. The van der Waals surface area contributed by atoms with Crippen LogP contribution in [0, 0.1) is 11.3 Å². The summed E-state index contributed by atoms with van der Waals surface area (Å²) in [4.78, 5) is 10.7. The van der Waals surface area contributed by atoms with E-state index in [-0.39, 0.29) is 0 Å². The second-order valence-corrected chi connectivity index (χ2v) is 3.89. The smallest absolute Gasteiger partial charge is 0.189 e. The minimum Gasteiger partial charge on any atom is -0.359 e. The van der Waals surface area contributed by atoms with Gasteiger partial charge in [0.15, 0.2) is 5.16 Å². The lowest BCUT2D eigenvalue weighted by atomic mass is 10.2. The van der Waals surface area contributed by atoms with E-state index in [9.17, 15) is 0 Å². The van der Waals surface area contributed by atoms with Crippen LogP contribution in [-0.4, -0.2) is 29.8 Å². The molecule has 4 nitrogen and oxygen atoms in total. The van der Waals surface area contributed by atoms with E-state index < -0.39 is 0 Å². The first-order valence-electron chi connectivity index (χ1n) is 4.91. The van der Waals surface area contributed by atoms with Crippen LogP contribution in [-0.2, 0) is 0 Å². The van der Waals surface area contributed by atoms with E-state index >= 15 is 0 Å². The van der Waals surface area contributed by atoms with Crippen molar-refractivity contribution in [3.63, 3.8) is 0 Å². The third-order valence-corrected chi connectivity index (χ3v) is 2.69. The summed E-state index contributed by atoms with van der Waals surface area (Å²) < 4.78 is 0. The van der Waals surface area contributed by atoms with Gasteiger partial charge in [-0.3, -0.25) is 0 Å². The van der Waals surface area contributed by atoms with Crippen LogP contribution in [0.25, 0.3) is 6.08 Å². The zero-order valence-electron chi connectivity index (χ0n) is 9.64. The highest BCUT2D eigenvalue weighted by Crippen LogP contribution is 2.20. The van der Waals surface area contributed by atoms with E-state index in [0.717, 1.165) is 23.1 Å². The Kier molecular flexibility index (Phi) is 4.80. The van der Waals surface area contributed by atoms with Crippen molar-refractivity contribution in [2.75, 3.05) is 24.7 Å². The predicted molar refractivity (Wildman–Crippen MR) is 67.4 cm³/mol. The maximum atomic E-state index is 8.52. The minimum absolute atomic E-state index is 0.740. The van der Waals surface area contributed by atoms with Gasteiger partial charge in [0.25, 0.3) is 0 Å². The van der Waals surface area contributed by atoms with Crippen molar-refractivity contribution in [3.05, 3.63) is 17.8 Å². The molecule has 1 rings (SSSR count). The monoisotopic (exact) mass is 234 g/mol. The first-order chi connectivity index (χ1) is 7.72. The van der Waals surface area contributed by atoms with Gasteiger partial charge in [-0.2, -0.15) is 5.26 Å². The molecule has 0 fully saturated rings. The van der Waals surface area contributed by atoms with E-state index in [1.165, 1.54) is 17.8 Å². The van der Waals surface area contributed by atoms with Crippen LogP contribution in [0.4, 0.5) is 5.82 Å². The molecule has 0 amide bonds. The highest BCUT2D eigenvalue weighted by Gasteiger charge is 2.07. The van der Waals surface area contributed by atoms with Crippen molar-refractivity contribution >= 4 is 23.7 Å². The Hall–Kier alpha value is -1.54. The number of anilines is 1. The normalized spacial score (nSPS) is 10.4. The zero-order valence-corrected chi connectivity index (χ0v) is 10.5. The van der Waals surface area contributed by atoms with E-state index in [0.29, 0.717) is 0 Å². The summed E-state index contributed by atoms with van der Waals surface area (Å²) >= 11 is 1.51. The summed E-state index contributed by atoms with van der Waals surface area (Å²) in [7, 11) is 1.97. The van der Waals surface area contributed by atoms with Crippen LogP contribution in [0.5, 0.6) is 0 Å². The Bertz CT molecular complexity index is 422. The van der Waals surface area contributed by atoms with Crippen LogP contribution in [0.1, 0.15) is 12.5 Å². The van der Waals surface area contributed by atoms with Gasteiger partial charge in [0, 0.05) is 31.4 Å². The molecular formula is C11H14N4S. The Morgan fingerprint density at radius 1 is 1.62 bits per heavy atom. The summed E-state index contributed by atoms with van der Waals surface area (Å²) in [6, 6.07) is 1.97. The summed E-state index contributed by atoms with van der Waals surface area (Å²) in [6.07, 6.45) is 6.85. The first kappa shape index (κ1) is 12.5. The van der Waals surface area contributed by atoms with Crippen LogP contribution in [0.15, 0.2) is 17.4 Å². The van der Waals surface area contributed by atoms with Crippen molar-refractivity contribution in [1.29, 1.82) is 5.26 Å². The standard InChI is InChI=1S/C11H14N4S/c1-4-15(2)10-9(6-5-7-12)8-13-11(14-10)16-3/h5-6,8H,4H2,1-3H3/b6-5+. The molecule has 1 heterocycles. The highest BCUT2D eigenvalue weighted by atomic mass is 32.2. The van der Waals surface area contributed by atoms with Gasteiger partial charge < -0.3 is 4.90 Å². The molecule has 0 bridgehead atoms. The molecule has 84 valence electrons. The van der Waals surface area contributed by atoms with Crippen molar-refractivity contribution in [3.8, 4) is 6.07 Å². The van der Waals surface area contributed by atoms with Crippen LogP contribution < -0.4 is 4.90 Å². The third kappa shape index (κ3) is 2.97. The summed E-state index contributed by atoms with van der Waals surface area (Å²) in [6.45, 7) is 2.91. The number of thioether (sulfide) groups is 1. The van der Waals surface area contributed by atoms with Gasteiger partial charge in [0.1, 0.15) is 5.82 Å². The molecule has 0 saturated heterocycles. The molecule has 0 unspecified atom stereocenters. The van der Waals surface area contributed by atoms with E-state index in [4.69, 9.17) is 5.26 Å². The average molecular weight is 234 g/mol. The molecule has 0 aromatic carbocycles. The third-order valence-electron chi connectivity index (χ3n) is 2.13.